The molecular weight excluding hydrogens is 222 g/mol. The van der Waals surface area contributed by atoms with Crippen LogP contribution >= 0.6 is 11.3 Å². The number of rotatable bonds is 4. The lowest BCUT2D eigenvalue weighted by Crippen LogP contribution is -2.23. The summed E-state index contributed by atoms with van der Waals surface area (Å²) in [7, 11) is 5.71. The SMILES string of the molecule is COc1nc(N(C)C)sc1CC1CCCN1. The lowest BCUT2D eigenvalue weighted by molar-refractivity contribution is 0.394. The Labute approximate surface area is 101 Å². The maximum atomic E-state index is 5.33. The smallest absolute Gasteiger partial charge is 0.229 e. The molecule has 5 heteroatoms. The third-order valence-electron chi connectivity index (χ3n) is 2.82. The van der Waals surface area contributed by atoms with E-state index in [0.29, 0.717) is 6.04 Å². The highest BCUT2D eigenvalue weighted by molar-refractivity contribution is 7.15. The Bertz CT molecular complexity index is 345. The van der Waals surface area contributed by atoms with Crippen molar-refractivity contribution in [3.63, 3.8) is 0 Å². The Morgan fingerprint density at radius 1 is 1.56 bits per heavy atom. The average Bonchev–Trinajstić information content (AvgIpc) is 2.87. The van der Waals surface area contributed by atoms with E-state index in [0.717, 1.165) is 24.0 Å². The standard InChI is InChI=1S/C11H19N3OS/c1-14(2)11-13-10(15-3)9(16-11)7-8-5-4-6-12-8/h8,12H,4-7H2,1-3H3. The van der Waals surface area contributed by atoms with Gasteiger partial charge in [-0.25, -0.2) is 0 Å². The lowest BCUT2D eigenvalue weighted by Gasteiger charge is -2.08. The molecule has 0 radical (unpaired) electrons. The van der Waals surface area contributed by atoms with Gasteiger partial charge in [0.15, 0.2) is 5.13 Å². The van der Waals surface area contributed by atoms with Crippen LogP contribution in [0, 0.1) is 0 Å². The molecule has 1 saturated heterocycles. The Hall–Kier alpha value is -0.810. The zero-order chi connectivity index (χ0) is 11.5. The largest absolute Gasteiger partial charge is 0.480 e. The second-order valence-corrected chi connectivity index (χ2v) is 5.38. The van der Waals surface area contributed by atoms with Gasteiger partial charge in [-0.05, 0) is 19.4 Å². The summed E-state index contributed by atoms with van der Waals surface area (Å²) in [5.74, 6) is 0.794. The number of ether oxygens (including phenoxy) is 1. The van der Waals surface area contributed by atoms with Crippen LogP contribution in [0.25, 0.3) is 0 Å². The van der Waals surface area contributed by atoms with E-state index in [1.807, 2.05) is 19.0 Å². The van der Waals surface area contributed by atoms with Crippen LogP contribution < -0.4 is 15.0 Å². The normalized spacial score (nSPS) is 20.1. The molecule has 1 aliphatic rings. The Morgan fingerprint density at radius 3 is 2.94 bits per heavy atom. The Morgan fingerprint density at radius 2 is 2.38 bits per heavy atom. The fourth-order valence-electron chi connectivity index (χ4n) is 1.96. The summed E-state index contributed by atoms with van der Waals surface area (Å²) >= 11 is 1.73. The number of hydrogen-bond acceptors (Lipinski definition) is 5. The first kappa shape index (κ1) is 11.7. The number of hydrogen-bond donors (Lipinski definition) is 1. The van der Waals surface area contributed by atoms with E-state index >= 15 is 0 Å². The molecule has 0 amide bonds. The van der Waals surface area contributed by atoms with Crippen molar-refractivity contribution in [3.8, 4) is 5.88 Å². The van der Waals surface area contributed by atoms with Crippen LogP contribution in [0.5, 0.6) is 5.88 Å². The van der Waals surface area contributed by atoms with E-state index in [2.05, 4.69) is 10.3 Å². The van der Waals surface area contributed by atoms with Gasteiger partial charge in [-0.2, -0.15) is 4.98 Å². The summed E-state index contributed by atoms with van der Waals surface area (Å²) in [5, 5.41) is 4.52. The van der Waals surface area contributed by atoms with Crippen molar-refractivity contribution in [2.24, 2.45) is 0 Å². The van der Waals surface area contributed by atoms with E-state index in [-0.39, 0.29) is 0 Å². The predicted octanol–water partition coefficient (Wildman–Crippen LogP) is 1.51. The maximum Gasteiger partial charge on any atom is 0.229 e. The van der Waals surface area contributed by atoms with E-state index < -0.39 is 0 Å². The van der Waals surface area contributed by atoms with Gasteiger partial charge in [0, 0.05) is 26.6 Å². The number of nitrogens with zero attached hydrogens (tertiary/aromatic N) is 2. The second-order valence-electron chi connectivity index (χ2n) is 4.32. The molecule has 1 N–H and O–H groups in total. The molecule has 1 unspecified atom stereocenters. The Kier molecular flexibility index (Phi) is 3.66. The van der Waals surface area contributed by atoms with Gasteiger partial charge in [0.1, 0.15) is 0 Å². The Balaban J connectivity index is 2.11. The van der Waals surface area contributed by atoms with Gasteiger partial charge in [0.2, 0.25) is 5.88 Å². The van der Waals surface area contributed by atoms with Crippen molar-refractivity contribution in [2.75, 3.05) is 32.6 Å². The van der Waals surface area contributed by atoms with Crippen LogP contribution in [0.1, 0.15) is 17.7 Å². The maximum absolute atomic E-state index is 5.33. The molecule has 0 saturated carbocycles. The molecule has 2 rings (SSSR count). The highest BCUT2D eigenvalue weighted by atomic mass is 32.1. The molecule has 90 valence electrons. The highest BCUT2D eigenvalue weighted by Crippen LogP contribution is 2.32. The van der Waals surface area contributed by atoms with Crippen LogP contribution in [-0.2, 0) is 6.42 Å². The van der Waals surface area contributed by atoms with Gasteiger partial charge in [-0.3, -0.25) is 0 Å². The van der Waals surface area contributed by atoms with Crippen LogP contribution in [0.4, 0.5) is 5.13 Å². The minimum absolute atomic E-state index is 0.601. The minimum Gasteiger partial charge on any atom is -0.480 e. The van der Waals surface area contributed by atoms with Crippen LogP contribution in [0.3, 0.4) is 0 Å². The first-order chi connectivity index (χ1) is 7.70. The number of thiazole rings is 1. The molecule has 1 atom stereocenters. The van der Waals surface area contributed by atoms with E-state index in [9.17, 15) is 0 Å². The minimum atomic E-state index is 0.601. The zero-order valence-corrected chi connectivity index (χ0v) is 10.9. The number of anilines is 1. The molecular formula is C11H19N3OS. The molecule has 0 aliphatic carbocycles. The summed E-state index contributed by atoms with van der Waals surface area (Å²) in [6, 6.07) is 0.601. The number of methoxy groups -OCH3 is 1. The van der Waals surface area contributed by atoms with E-state index in [1.165, 1.54) is 17.7 Å². The predicted molar refractivity (Wildman–Crippen MR) is 67.7 cm³/mol. The highest BCUT2D eigenvalue weighted by Gasteiger charge is 2.20. The van der Waals surface area contributed by atoms with E-state index in [4.69, 9.17) is 4.74 Å². The first-order valence-electron chi connectivity index (χ1n) is 5.65. The molecule has 16 heavy (non-hydrogen) atoms. The van der Waals surface area contributed by atoms with Gasteiger partial charge in [-0.1, -0.05) is 11.3 Å². The molecule has 1 fully saturated rings. The fraction of sp³-hybridized carbons (Fsp3) is 0.727. The van der Waals surface area contributed by atoms with Crippen molar-refractivity contribution in [2.45, 2.75) is 25.3 Å². The lowest BCUT2D eigenvalue weighted by atomic mass is 10.1. The summed E-state index contributed by atoms with van der Waals surface area (Å²) < 4.78 is 5.33. The molecule has 0 aromatic carbocycles. The molecule has 0 spiro atoms. The quantitative estimate of drug-likeness (QED) is 0.867. The zero-order valence-electron chi connectivity index (χ0n) is 10.1. The molecule has 1 aromatic rings. The van der Waals surface area contributed by atoms with Crippen LogP contribution in [0.15, 0.2) is 0 Å². The summed E-state index contributed by atoms with van der Waals surface area (Å²) in [5.41, 5.74) is 0. The van der Waals surface area contributed by atoms with Gasteiger partial charge in [0.25, 0.3) is 0 Å². The second kappa shape index (κ2) is 5.01. The van der Waals surface area contributed by atoms with Gasteiger partial charge < -0.3 is 15.0 Å². The third-order valence-corrected chi connectivity index (χ3v) is 4.05. The van der Waals surface area contributed by atoms with Gasteiger partial charge in [-0.15, -0.1) is 0 Å². The first-order valence-corrected chi connectivity index (χ1v) is 6.46. The average molecular weight is 241 g/mol. The van der Waals surface area contributed by atoms with E-state index in [1.54, 1.807) is 18.4 Å². The van der Waals surface area contributed by atoms with Crippen LogP contribution in [0.2, 0.25) is 0 Å². The van der Waals surface area contributed by atoms with Crippen LogP contribution in [-0.4, -0.2) is 38.8 Å². The molecule has 1 aliphatic heterocycles. The topological polar surface area (TPSA) is 37.4 Å². The number of nitrogens with one attached hydrogen (secondary N) is 1. The van der Waals surface area contributed by atoms with Gasteiger partial charge >= 0.3 is 0 Å². The molecule has 2 heterocycles. The molecule has 4 nitrogen and oxygen atoms in total. The van der Waals surface area contributed by atoms with Crippen molar-refractivity contribution in [3.05, 3.63) is 4.88 Å². The third kappa shape index (κ3) is 2.47. The summed E-state index contributed by atoms with van der Waals surface area (Å²) in [4.78, 5) is 7.75. The summed E-state index contributed by atoms with van der Waals surface area (Å²) in [6.45, 7) is 1.15. The van der Waals surface area contributed by atoms with Crippen molar-refractivity contribution in [1.82, 2.24) is 10.3 Å². The monoisotopic (exact) mass is 241 g/mol. The number of aromatic nitrogens is 1. The molecule has 1 aromatic heterocycles. The fourth-order valence-corrected chi connectivity index (χ4v) is 2.99. The van der Waals surface area contributed by atoms with Crippen molar-refractivity contribution >= 4 is 16.5 Å². The molecule has 0 bridgehead atoms. The summed E-state index contributed by atoms with van der Waals surface area (Å²) in [6.07, 6.45) is 3.58. The van der Waals surface area contributed by atoms with Crippen molar-refractivity contribution < 1.29 is 4.74 Å². The van der Waals surface area contributed by atoms with Gasteiger partial charge in [0.05, 0.1) is 12.0 Å². The van der Waals surface area contributed by atoms with Crippen molar-refractivity contribution in [1.29, 1.82) is 0 Å².